The minimum Gasteiger partial charge on any atom is -0.399 e. The van der Waals surface area contributed by atoms with Gasteiger partial charge in [-0.1, -0.05) is 23.7 Å². The molecule has 0 atom stereocenters. The van der Waals surface area contributed by atoms with Crippen LogP contribution in [0, 0.1) is 0 Å². The highest BCUT2D eigenvalue weighted by atomic mass is 35.5. The Hall–Kier alpha value is -2.53. The number of hydrazone groups is 1. The van der Waals surface area contributed by atoms with Crippen LogP contribution in [0.3, 0.4) is 0 Å². The molecule has 1 amide bonds. The van der Waals surface area contributed by atoms with Gasteiger partial charge in [0.1, 0.15) is 5.15 Å². The van der Waals surface area contributed by atoms with Crippen LogP contribution in [0.5, 0.6) is 0 Å². The first-order chi connectivity index (χ1) is 10.6. The number of halogens is 1. The van der Waals surface area contributed by atoms with E-state index < -0.39 is 0 Å². The van der Waals surface area contributed by atoms with Crippen molar-refractivity contribution < 1.29 is 4.79 Å². The number of carbonyl (C=O) groups is 1. The highest BCUT2D eigenvalue weighted by molar-refractivity contribution is 6.30. The molecule has 0 aliphatic carbocycles. The molecule has 3 rings (SSSR count). The molecule has 0 spiro atoms. The van der Waals surface area contributed by atoms with E-state index in [-0.39, 0.29) is 5.91 Å². The Morgan fingerprint density at radius 3 is 2.59 bits per heavy atom. The van der Waals surface area contributed by atoms with Gasteiger partial charge in [0.25, 0.3) is 5.91 Å². The molecule has 0 saturated heterocycles. The summed E-state index contributed by atoms with van der Waals surface area (Å²) >= 11 is 5.85. The largest absolute Gasteiger partial charge is 0.399 e. The van der Waals surface area contributed by atoms with Crippen molar-refractivity contribution in [2.24, 2.45) is 5.10 Å². The van der Waals surface area contributed by atoms with Crippen molar-refractivity contribution >= 4 is 35.0 Å². The van der Waals surface area contributed by atoms with Crippen LogP contribution in [0.15, 0.2) is 47.1 Å². The number of nitrogens with two attached hydrogens (primary N) is 1. The number of nitrogens with one attached hydrogen (secondary N) is 2. The summed E-state index contributed by atoms with van der Waals surface area (Å²) < 4.78 is 0. The Bertz CT molecular complexity index is 759. The fraction of sp³-hybridized carbons (Fsp3) is 0.125. The number of benzene rings is 1. The van der Waals surface area contributed by atoms with Crippen molar-refractivity contribution in [2.45, 2.75) is 12.8 Å². The van der Waals surface area contributed by atoms with E-state index in [1.54, 1.807) is 12.1 Å². The highest BCUT2D eigenvalue weighted by Crippen LogP contribution is 2.17. The van der Waals surface area contributed by atoms with E-state index in [0.29, 0.717) is 17.1 Å². The van der Waals surface area contributed by atoms with E-state index in [1.807, 2.05) is 30.3 Å². The van der Waals surface area contributed by atoms with Gasteiger partial charge in [0.15, 0.2) is 0 Å². The fourth-order valence-electron chi connectivity index (χ4n) is 2.28. The van der Waals surface area contributed by atoms with Crippen LogP contribution in [0.25, 0.3) is 6.08 Å². The lowest BCUT2D eigenvalue weighted by Gasteiger charge is -2.03. The van der Waals surface area contributed by atoms with Crippen LogP contribution >= 0.6 is 11.6 Å². The molecule has 1 aromatic heterocycles. The number of aromatic nitrogens is 1. The summed E-state index contributed by atoms with van der Waals surface area (Å²) in [7, 11) is 0. The summed E-state index contributed by atoms with van der Waals surface area (Å²) in [6.45, 7) is 0. The predicted octanol–water partition coefficient (Wildman–Crippen LogP) is 2.75. The maximum Gasteiger partial charge on any atom is 0.273 e. The molecule has 2 aromatic rings. The van der Waals surface area contributed by atoms with E-state index in [1.165, 1.54) is 0 Å². The van der Waals surface area contributed by atoms with Gasteiger partial charge in [-0.05, 0) is 48.7 Å². The fourth-order valence-corrected chi connectivity index (χ4v) is 2.45. The summed E-state index contributed by atoms with van der Waals surface area (Å²) in [6.07, 6.45) is 3.22. The molecule has 22 heavy (non-hydrogen) atoms. The Morgan fingerprint density at radius 2 is 1.91 bits per heavy atom. The number of anilines is 1. The molecule has 1 aliphatic heterocycles. The lowest BCUT2D eigenvalue weighted by molar-refractivity contribution is -0.116. The first-order valence-electron chi connectivity index (χ1n) is 6.90. The number of rotatable bonds is 4. The lowest BCUT2D eigenvalue weighted by atomic mass is 10.0. The normalized spacial score (nSPS) is 16.0. The molecule has 0 unspecified atom stereocenters. The minimum atomic E-state index is -0.196. The Morgan fingerprint density at radius 1 is 1.14 bits per heavy atom. The quantitative estimate of drug-likeness (QED) is 0.599. The molecule has 6 heteroatoms. The van der Waals surface area contributed by atoms with Crippen LogP contribution in [0.2, 0.25) is 5.15 Å². The first-order valence-corrected chi connectivity index (χ1v) is 7.27. The third-order valence-electron chi connectivity index (χ3n) is 3.45. The number of carbonyl (C=O) groups excluding carboxylic acids is 1. The Labute approximate surface area is 132 Å². The number of hydrogen-bond donors (Lipinski definition) is 3. The summed E-state index contributed by atoms with van der Waals surface area (Å²) in [5, 5.41) is 4.64. The predicted molar refractivity (Wildman–Crippen MR) is 88.5 cm³/mol. The average molecular weight is 315 g/mol. The minimum absolute atomic E-state index is 0.196. The van der Waals surface area contributed by atoms with Gasteiger partial charge >= 0.3 is 0 Å². The number of H-pyrrole nitrogens is 1. The van der Waals surface area contributed by atoms with Crippen molar-refractivity contribution in [1.82, 2.24) is 10.4 Å². The Kier molecular flexibility index (Phi) is 3.98. The molecule has 112 valence electrons. The van der Waals surface area contributed by atoms with E-state index in [2.05, 4.69) is 15.5 Å². The molecule has 1 aliphatic rings. The second-order valence-corrected chi connectivity index (χ2v) is 5.47. The number of nitrogens with zero attached hydrogens (tertiary/aromatic N) is 1. The van der Waals surface area contributed by atoms with Gasteiger partial charge in [-0.15, -0.1) is 0 Å². The van der Waals surface area contributed by atoms with Gasteiger partial charge in [0.2, 0.25) is 0 Å². The maximum atomic E-state index is 11.9. The van der Waals surface area contributed by atoms with Crippen LogP contribution in [0.4, 0.5) is 5.69 Å². The monoisotopic (exact) mass is 314 g/mol. The van der Waals surface area contributed by atoms with Crippen molar-refractivity contribution in [3.8, 4) is 0 Å². The Balaban J connectivity index is 1.73. The molecule has 0 bridgehead atoms. The molecular weight excluding hydrogens is 300 g/mol. The molecule has 4 N–H and O–H groups in total. The van der Waals surface area contributed by atoms with Crippen molar-refractivity contribution in [1.29, 1.82) is 0 Å². The van der Waals surface area contributed by atoms with Crippen LogP contribution < -0.4 is 11.2 Å². The second kappa shape index (κ2) is 6.07. The zero-order valence-electron chi connectivity index (χ0n) is 11.8. The molecule has 2 heterocycles. The first kappa shape index (κ1) is 14.4. The highest BCUT2D eigenvalue weighted by Gasteiger charge is 2.22. The third kappa shape index (κ3) is 3.20. The van der Waals surface area contributed by atoms with Gasteiger partial charge in [0.05, 0.1) is 11.3 Å². The molecule has 0 radical (unpaired) electrons. The average Bonchev–Trinajstić information content (AvgIpc) is 3.06. The van der Waals surface area contributed by atoms with Crippen molar-refractivity contribution in [3.63, 3.8) is 0 Å². The van der Waals surface area contributed by atoms with E-state index >= 15 is 0 Å². The van der Waals surface area contributed by atoms with Gasteiger partial charge in [-0.25, -0.2) is 5.43 Å². The van der Waals surface area contributed by atoms with Crippen molar-refractivity contribution in [3.05, 3.63) is 58.4 Å². The smallest absolute Gasteiger partial charge is 0.273 e. The lowest BCUT2D eigenvalue weighted by Crippen LogP contribution is -2.13. The van der Waals surface area contributed by atoms with E-state index in [9.17, 15) is 4.79 Å². The zero-order chi connectivity index (χ0) is 15.5. The molecule has 5 nitrogen and oxygen atoms in total. The molecule has 0 fully saturated rings. The number of nitrogen functional groups attached to an aromatic ring is 1. The van der Waals surface area contributed by atoms with Crippen LogP contribution in [-0.2, 0) is 11.2 Å². The van der Waals surface area contributed by atoms with Gasteiger partial charge in [-0.3, -0.25) is 4.79 Å². The molecule has 0 saturated carbocycles. The van der Waals surface area contributed by atoms with Crippen LogP contribution in [0.1, 0.15) is 17.7 Å². The number of aromatic amines is 1. The topological polar surface area (TPSA) is 83.3 Å². The second-order valence-electron chi connectivity index (χ2n) is 5.06. The molecule has 1 aromatic carbocycles. The van der Waals surface area contributed by atoms with Crippen LogP contribution in [-0.4, -0.2) is 16.6 Å². The van der Waals surface area contributed by atoms with Gasteiger partial charge < -0.3 is 10.7 Å². The van der Waals surface area contributed by atoms with Gasteiger partial charge in [-0.2, -0.15) is 5.10 Å². The number of aryl methyl sites for hydroxylation is 1. The molecular formula is C16H15ClN4O. The van der Waals surface area contributed by atoms with Gasteiger partial charge in [0, 0.05) is 11.4 Å². The SMILES string of the molecule is Nc1ccc(CCC2=NNC(=O)/C2=C/c2ccc(Cl)[nH]2)cc1. The summed E-state index contributed by atoms with van der Waals surface area (Å²) in [5.41, 5.74) is 12.1. The van der Waals surface area contributed by atoms with Crippen molar-refractivity contribution in [2.75, 3.05) is 5.73 Å². The van der Waals surface area contributed by atoms with E-state index in [0.717, 1.165) is 29.1 Å². The third-order valence-corrected chi connectivity index (χ3v) is 3.67. The standard InChI is InChI=1S/C16H15ClN4O/c17-15-8-6-12(19-15)9-13-14(20-21-16(13)22)7-3-10-1-4-11(18)5-2-10/h1-2,4-6,8-9,19H,3,7,18H2,(H,21,22)/b13-9+. The maximum absolute atomic E-state index is 11.9. The number of amides is 1. The summed E-state index contributed by atoms with van der Waals surface area (Å²) in [6, 6.07) is 11.3. The number of hydrogen-bond acceptors (Lipinski definition) is 3. The summed E-state index contributed by atoms with van der Waals surface area (Å²) in [4.78, 5) is 14.9. The summed E-state index contributed by atoms with van der Waals surface area (Å²) in [5.74, 6) is -0.196. The zero-order valence-corrected chi connectivity index (χ0v) is 12.5. The van der Waals surface area contributed by atoms with E-state index in [4.69, 9.17) is 17.3 Å².